The SMILES string of the molecule is CCCCCCCCCCCCCCCCCCOCC(CO)OCC(CO)OCC(CO)OCC(CO)OCC(CO)OCC(CO)OCC(CO)OCC(CO)OCC(CO)OCC(O)CO.CCCCCCCCCCCCCCCCCCOCC(O)COC(C)OCC.CCOC(C)OCC1CO1. The van der Waals surface area contributed by atoms with Gasteiger partial charge in [0.05, 0.1) is 159 Å². The highest BCUT2D eigenvalue weighted by Crippen LogP contribution is 2.18. The first-order valence-electron chi connectivity index (χ1n) is 42.0. The average molecular weight is 1570 g/mol. The van der Waals surface area contributed by atoms with Gasteiger partial charge in [-0.2, -0.15) is 0 Å². The van der Waals surface area contributed by atoms with Crippen LogP contribution in [0.4, 0.5) is 0 Å². The Labute approximate surface area is 652 Å². The molecule has 108 heavy (non-hydrogen) atoms. The minimum absolute atomic E-state index is 0.0303. The molecule has 1 rings (SSSR count). The molecule has 0 spiro atoms. The third kappa shape index (κ3) is 75.0. The average Bonchev–Trinajstić information content (AvgIpc) is 1.77. The van der Waals surface area contributed by atoms with Crippen LogP contribution < -0.4 is 0 Å². The molecule has 14 atom stereocenters. The van der Waals surface area contributed by atoms with E-state index in [0.29, 0.717) is 39.1 Å². The van der Waals surface area contributed by atoms with Gasteiger partial charge in [0, 0.05) is 26.4 Å². The van der Waals surface area contributed by atoms with E-state index in [4.69, 9.17) is 80.9 Å². The molecule has 0 saturated carbocycles. The molecule has 0 aliphatic carbocycles. The normalized spacial score (nSPS) is 16.7. The lowest BCUT2D eigenvalue weighted by Crippen LogP contribution is -2.38. The van der Waals surface area contributed by atoms with Crippen LogP contribution in [0, 0.1) is 0 Å². The Morgan fingerprint density at radius 2 is 0.472 bits per heavy atom. The zero-order chi connectivity index (χ0) is 79.8. The van der Waals surface area contributed by atoms with E-state index in [0.717, 1.165) is 32.5 Å². The number of epoxide rings is 1. The van der Waals surface area contributed by atoms with Gasteiger partial charge in [0.25, 0.3) is 0 Å². The molecule has 12 N–H and O–H groups in total. The molecule has 652 valence electrons. The number of hydrogen-bond acceptors (Lipinski definition) is 28. The van der Waals surface area contributed by atoms with Crippen molar-refractivity contribution in [2.45, 2.75) is 333 Å². The highest BCUT2D eigenvalue weighted by molar-refractivity contribution is 4.70. The van der Waals surface area contributed by atoms with Crippen LogP contribution in [0.25, 0.3) is 0 Å². The second-order valence-electron chi connectivity index (χ2n) is 28.2. The highest BCUT2D eigenvalue weighted by atomic mass is 16.7. The number of aliphatic hydroxyl groups is 12. The van der Waals surface area contributed by atoms with Crippen LogP contribution >= 0.6 is 0 Å². The van der Waals surface area contributed by atoms with Crippen molar-refractivity contribution in [2.24, 2.45) is 0 Å². The highest BCUT2D eigenvalue weighted by Gasteiger charge is 2.25. The number of hydrogen-bond donors (Lipinski definition) is 12. The van der Waals surface area contributed by atoms with E-state index < -0.39 is 120 Å². The van der Waals surface area contributed by atoms with Crippen LogP contribution in [-0.2, 0) is 75.8 Å². The minimum Gasteiger partial charge on any atom is -0.394 e. The first-order valence-corrected chi connectivity index (χ1v) is 42.0. The molecule has 14 unspecified atom stereocenters. The van der Waals surface area contributed by atoms with Gasteiger partial charge in [0.1, 0.15) is 73.2 Å². The lowest BCUT2D eigenvalue weighted by molar-refractivity contribution is -0.149. The molecule has 0 aromatic carbocycles. The van der Waals surface area contributed by atoms with Gasteiger partial charge in [-0.05, 0) is 40.5 Å². The lowest BCUT2D eigenvalue weighted by atomic mass is 10.0. The molecular weight excluding hydrogens is 1410 g/mol. The maximum absolute atomic E-state index is 9.88. The van der Waals surface area contributed by atoms with E-state index in [1.54, 1.807) is 0 Å². The predicted molar refractivity (Wildman–Crippen MR) is 415 cm³/mol. The molecule has 28 nitrogen and oxygen atoms in total. The molecule has 1 heterocycles. The van der Waals surface area contributed by atoms with Gasteiger partial charge in [-0.1, -0.05) is 206 Å². The van der Waals surface area contributed by atoms with Gasteiger partial charge >= 0.3 is 0 Å². The maximum Gasteiger partial charge on any atom is 0.154 e. The molecule has 28 heteroatoms. The zero-order valence-electron chi connectivity index (χ0n) is 68.4. The molecule has 1 saturated heterocycles. The molecule has 1 aliphatic heterocycles. The zero-order valence-corrected chi connectivity index (χ0v) is 68.4. The van der Waals surface area contributed by atoms with Crippen LogP contribution in [-0.4, -0.2) is 332 Å². The van der Waals surface area contributed by atoms with Gasteiger partial charge < -0.3 is 137 Å². The summed E-state index contributed by atoms with van der Waals surface area (Å²) in [6.07, 6.45) is 33.6. The quantitative estimate of drug-likeness (QED) is 0.0157. The van der Waals surface area contributed by atoms with Crippen molar-refractivity contribution in [3.63, 3.8) is 0 Å². The fourth-order valence-electron chi connectivity index (χ4n) is 10.8. The van der Waals surface area contributed by atoms with Gasteiger partial charge in [-0.3, -0.25) is 0 Å². The number of aliphatic hydroxyl groups excluding tert-OH is 12. The summed E-state index contributed by atoms with van der Waals surface area (Å²) in [5.74, 6) is 0. The van der Waals surface area contributed by atoms with Crippen LogP contribution in [0.2, 0.25) is 0 Å². The summed E-state index contributed by atoms with van der Waals surface area (Å²) in [6, 6.07) is 0. The number of rotatable bonds is 85. The van der Waals surface area contributed by atoms with E-state index in [2.05, 4.69) is 13.8 Å². The Hall–Kier alpha value is -1.12. The monoisotopic (exact) mass is 1570 g/mol. The Balaban J connectivity index is 0. The summed E-state index contributed by atoms with van der Waals surface area (Å²) in [7, 11) is 0. The summed E-state index contributed by atoms with van der Waals surface area (Å²) in [5, 5.41) is 116. The molecular formula is C80H164O28. The van der Waals surface area contributed by atoms with Crippen molar-refractivity contribution in [1.29, 1.82) is 0 Å². The van der Waals surface area contributed by atoms with Crippen molar-refractivity contribution < 1.29 is 137 Å². The van der Waals surface area contributed by atoms with Crippen LogP contribution in [0.1, 0.15) is 247 Å². The van der Waals surface area contributed by atoms with Crippen molar-refractivity contribution in [2.75, 3.05) is 185 Å². The molecule has 0 aromatic heterocycles. The molecule has 0 bridgehead atoms. The third-order valence-electron chi connectivity index (χ3n) is 17.9. The Kier molecular flexibility index (Phi) is 86.0. The molecule has 0 amide bonds. The van der Waals surface area contributed by atoms with Gasteiger partial charge in [0.15, 0.2) is 12.6 Å². The second-order valence-corrected chi connectivity index (χ2v) is 28.2. The van der Waals surface area contributed by atoms with Crippen LogP contribution in [0.5, 0.6) is 0 Å². The Bertz CT molecular complexity index is 1710. The Morgan fingerprint density at radius 1 is 0.250 bits per heavy atom. The van der Waals surface area contributed by atoms with Crippen LogP contribution in [0.15, 0.2) is 0 Å². The van der Waals surface area contributed by atoms with E-state index in [-0.39, 0.29) is 98.5 Å². The van der Waals surface area contributed by atoms with Crippen molar-refractivity contribution in [3.05, 3.63) is 0 Å². The van der Waals surface area contributed by atoms with E-state index in [1.165, 1.54) is 186 Å². The van der Waals surface area contributed by atoms with Gasteiger partial charge in [-0.25, -0.2) is 0 Å². The first-order chi connectivity index (χ1) is 52.7. The van der Waals surface area contributed by atoms with Crippen molar-refractivity contribution >= 4 is 0 Å². The summed E-state index contributed by atoms with van der Waals surface area (Å²) in [4.78, 5) is 0. The van der Waals surface area contributed by atoms with Crippen molar-refractivity contribution in [3.8, 4) is 0 Å². The largest absolute Gasteiger partial charge is 0.394 e. The first kappa shape index (κ1) is 109. The fraction of sp³-hybridized carbons (Fsp3) is 1.00. The summed E-state index contributed by atoms with van der Waals surface area (Å²) < 4.78 is 87.7. The molecule has 1 aliphatic rings. The minimum atomic E-state index is -1.12. The Morgan fingerprint density at radius 3 is 0.713 bits per heavy atom. The number of ether oxygens (including phenoxy) is 16. The van der Waals surface area contributed by atoms with E-state index >= 15 is 0 Å². The molecule has 1 fully saturated rings. The predicted octanol–water partition coefficient (Wildman–Crippen LogP) is 7.82. The maximum atomic E-state index is 9.88. The van der Waals surface area contributed by atoms with E-state index in [9.17, 15) is 56.2 Å². The van der Waals surface area contributed by atoms with Crippen LogP contribution in [0.3, 0.4) is 0 Å². The van der Waals surface area contributed by atoms with Gasteiger partial charge in [0.2, 0.25) is 0 Å². The summed E-state index contributed by atoms with van der Waals surface area (Å²) >= 11 is 0. The van der Waals surface area contributed by atoms with Crippen molar-refractivity contribution in [1.82, 2.24) is 0 Å². The standard InChI is InChI=1S/C48H98O21.C25H52O4.C7H14O3/c1-2-3-4-5-6-7-8-9-10-11-12-13-14-15-16-17-18-60-30-40(20-50)62-32-42(22-52)64-34-44(24-54)66-36-46(26-56)68-38-48(28-58)69-37-47(27-57)67-35-45(25-55)65-33-43(23-53)63-31-41(21-51)61-29-39(59)19-49;1-4-6-7-8-9-10-11-12-13-14-15-16-17-18-19-20-21-27-22-25(26)23-29-24(3)28-5-2;1-3-8-6(2)9-4-7-5-10-7/h39-59H,2-38H2,1H3;24-26H,4-23H2,1-3H3;6-7H,3-5H2,1-2H3. The van der Waals surface area contributed by atoms with Gasteiger partial charge in [-0.15, -0.1) is 0 Å². The lowest BCUT2D eigenvalue weighted by Gasteiger charge is -2.26. The molecule has 0 aromatic rings. The van der Waals surface area contributed by atoms with E-state index in [1.807, 2.05) is 27.7 Å². The topological polar surface area (TPSA) is 394 Å². The smallest absolute Gasteiger partial charge is 0.154 e. The third-order valence-corrected chi connectivity index (χ3v) is 17.9. The fourth-order valence-corrected chi connectivity index (χ4v) is 10.8. The molecule has 0 radical (unpaired) electrons. The summed E-state index contributed by atoms with van der Waals surface area (Å²) in [5.41, 5.74) is 0. The second kappa shape index (κ2) is 85.3. The number of unbranched alkanes of at least 4 members (excludes halogenated alkanes) is 30. The summed E-state index contributed by atoms with van der Waals surface area (Å²) in [6.45, 7) is 11.3.